The normalized spacial score (nSPS) is 13.3. The summed E-state index contributed by atoms with van der Waals surface area (Å²) in [4.78, 5) is 24.1. The second kappa shape index (κ2) is 18.4. The number of benzene rings is 6. The molecule has 0 saturated heterocycles. The second-order valence-electron chi connectivity index (χ2n) is 14.3. The Bertz CT molecular complexity index is 2060. The fourth-order valence-electron chi connectivity index (χ4n) is 9.54. The predicted molar refractivity (Wildman–Crippen MR) is 244 cm³/mol. The minimum absolute atomic E-state index is 0. The Labute approximate surface area is 357 Å². The molecule has 0 saturated carbocycles. The molecule has 0 aliphatic heterocycles. The molecular formula is C46H46Br2F4O4P2. The SMILES string of the molecule is Br.Br.O=C(O)CC(F)(F)CCP(c1ccccc1)(c1ccccc1)(c1ccccc1)P(CCCC(F)(F)C(=O)O)(c1ccccc1)(c1ccccc1)c1ccccc1. The zero-order valence-electron chi connectivity index (χ0n) is 31.5. The summed E-state index contributed by atoms with van der Waals surface area (Å²) < 4.78 is 64.3. The molecule has 4 nitrogen and oxygen atoms in total. The zero-order valence-corrected chi connectivity index (χ0v) is 36.7. The van der Waals surface area contributed by atoms with Gasteiger partial charge in [0.15, 0.2) is 0 Å². The van der Waals surface area contributed by atoms with Crippen LogP contribution in [0.3, 0.4) is 0 Å². The van der Waals surface area contributed by atoms with E-state index in [1.165, 1.54) is 0 Å². The predicted octanol–water partition coefficient (Wildman–Crippen LogP) is 10.1. The Hall–Kier alpha value is -4.20. The van der Waals surface area contributed by atoms with Crippen molar-refractivity contribution in [3.8, 4) is 0 Å². The van der Waals surface area contributed by atoms with Crippen molar-refractivity contribution in [2.75, 3.05) is 12.3 Å². The molecule has 0 aromatic heterocycles. The average molecular weight is 961 g/mol. The molecule has 58 heavy (non-hydrogen) atoms. The molecule has 6 aromatic carbocycles. The Balaban J connectivity index is 0.00000372. The van der Waals surface area contributed by atoms with Crippen molar-refractivity contribution in [2.45, 2.75) is 37.5 Å². The van der Waals surface area contributed by atoms with E-state index in [1.54, 1.807) is 0 Å². The summed E-state index contributed by atoms with van der Waals surface area (Å²) in [7, 11) is 0. The van der Waals surface area contributed by atoms with E-state index in [1.807, 2.05) is 182 Å². The fourth-order valence-corrected chi connectivity index (χ4v) is 38.2. The standard InChI is InChI=1S/C46H44F4O4P2.2BrH/c47-45(48,36-43(51)52)33-35-56(40-26-13-4-14-27-40,41-28-15-5-16-29-41,42-30-17-6-18-31-42)55(37-20-7-1-8-21-37,38-22-9-2-10-23-38,39-24-11-3-12-25-39)34-19-32-46(49,50)44(53)54;;/h1-18,20-31H,19,32-36H2,(H,51,52)(H,53,54);2*1H. The number of rotatable bonds is 17. The van der Waals surface area contributed by atoms with Crippen molar-refractivity contribution in [2.24, 2.45) is 0 Å². The van der Waals surface area contributed by atoms with Crippen molar-refractivity contribution in [1.29, 1.82) is 0 Å². The molecule has 306 valence electrons. The van der Waals surface area contributed by atoms with Crippen molar-refractivity contribution in [1.82, 2.24) is 0 Å². The third-order valence-electron chi connectivity index (χ3n) is 11.6. The first-order valence-corrected chi connectivity index (χ1v) is 24.0. The molecule has 0 fully saturated rings. The van der Waals surface area contributed by atoms with Gasteiger partial charge < -0.3 is 0 Å². The summed E-state index contributed by atoms with van der Waals surface area (Å²) in [5.74, 6) is -11.6. The van der Waals surface area contributed by atoms with Gasteiger partial charge >= 0.3 is 326 Å². The molecule has 2 N–H and O–H groups in total. The number of alkyl halides is 4. The Morgan fingerprint density at radius 1 is 0.431 bits per heavy atom. The molecule has 0 heterocycles. The molecule has 0 amide bonds. The number of carbonyl (C=O) groups is 2. The molecule has 0 spiro atoms. The van der Waals surface area contributed by atoms with Crippen LogP contribution >= 0.6 is 46.5 Å². The zero-order chi connectivity index (χ0) is 40.0. The first kappa shape index (κ1) is 46.5. The van der Waals surface area contributed by atoms with E-state index in [2.05, 4.69) is 0 Å². The van der Waals surface area contributed by atoms with Gasteiger partial charge in [0, 0.05) is 0 Å². The van der Waals surface area contributed by atoms with Gasteiger partial charge in [-0.2, -0.15) is 0 Å². The maximum absolute atomic E-state index is 16.6. The van der Waals surface area contributed by atoms with Gasteiger partial charge in [0.1, 0.15) is 0 Å². The van der Waals surface area contributed by atoms with Crippen LogP contribution in [-0.4, -0.2) is 46.3 Å². The third-order valence-corrected chi connectivity index (χ3v) is 35.5. The van der Waals surface area contributed by atoms with Crippen LogP contribution in [0.15, 0.2) is 182 Å². The monoisotopic (exact) mass is 958 g/mol. The van der Waals surface area contributed by atoms with Gasteiger partial charge in [0.25, 0.3) is 0 Å². The van der Waals surface area contributed by atoms with Crippen molar-refractivity contribution < 1.29 is 37.4 Å². The van der Waals surface area contributed by atoms with Gasteiger partial charge in [-0.1, -0.05) is 0 Å². The van der Waals surface area contributed by atoms with Crippen LogP contribution in [0, 0.1) is 0 Å². The fraction of sp³-hybridized carbons (Fsp3) is 0.174. The average Bonchev–Trinajstić information content (AvgIpc) is 3.22. The topological polar surface area (TPSA) is 74.6 Å². The Morgan fingerprint density at radius 3 is 0.931 bits per heavy atom. The maximum atomic E-state index is 16.6. The van der Waals surface area contributed by atoms with Gasteiger partial charge in [0.05, 0.1) is 0 Å². The number of hydrogen-bond donors (Lipinski definition) is 2. The number of carboxylic acids is 2. The summed E-state index contributed by atoms with van der Waals surface area (Å²) in [5, 5.41) is 23.9. The van der Waals surface area contributed by atoms with Crippen LogP contribution in [0.4, 0.5) is 17.6 Å². The molecule has 0 radical (unpaired) electrons. The van der Waals surface area contributed by atoms with Crippen LogP contribution in [0.25, 0.3) is 0 Å². The number of carboxylic acid groups (broad SMARTS) is 2. The molecular weight excluding hydrogens is 914 g/mol. The number of halogens is 6. The number of hydrogen-bond acceptors (Lipinski definition) is 2. The molecule has 6 rings (SSSR count). The van der Waals surface area contributed by atoms with E-state index >= 15 is 17.6 Å². The van der Waals surface area contributed by atoms with Gasteiger partial charge in [-0.25, -0.2) is 0 Å². The summed E-state index contributed by atoms with van der Waals surface area (Å²) >= 11 is 0. The van der Waals surface area contributed by atoms with E-state index in [0.29, 0.717) is 0 Å². The van der Waals surface area contributed by atoms with Crippen molar-refractivity contribution >= 4 is 90.3 Å². The molecule has 6 aromatic rings. The number of aliphatic carboxylic acids is 2. The van der Waals surface area contributed by atoms with Gasteiger partial charge in [-0.15, -0.1) is 34.0 Å². The van der Waals surface area contributed by atoms with Gasteiger partial charge in [-0.3, -0.25) is 0 Å². The van der Waals surface area contributed by atoms with E-state index in [4.69, 9.17) is 0 Å². The van der Waals surface area contributed by atoms with Crippen LogP contribution < -0.4 is 31.8 Å². The van der Waals surface area contributed by atoms with Crippen molar-refractivity contribution in [3.05, 3.63) is 182 Å². The molecule has 0 bridgehead atoms. The molecule has 0 atom stereocenters. The summed E-state index contributed by atoms with van der Waals surface area (Å²) in [6, 6.07) is 57.1. The quantitative estimate of drug-likeness (QED) is 0.0706. The molecule has 12 heteroatoms. The Morgan fingerprint density at radius 2 is 0.690 bits per heavy atom. The van der Waals surface area contributed by atoms with E-state index in [9.17, 15) is 19.8 Å². The summed E-state index contributed by atoms with van der Waals surface area (Å²) in [6.45, 7) is 0. The van der Waals surface area contributed by atoms with Crippen LogP contribution in [0.5, 0.6) is 0 Å². The second-order valence-corrected chi connectivity index (χ2v) is 28.5. The Kier molecular flexibility index (Phi) is 14.7. The van der Waals surface area contributed by atoms with E-state index in [0.717, 1.165) is 31.8 Å². The molecule has 0 aliphatic rings. The van der Waals surface area contributed by atoms with Crippen LogP contribution in [0.1, 0.15) is 25.7 Å². The minimum atomic E-state index is -4.92. The molecule has 0 aliphatic carbocycles. The van der Waals surface area contributed by atoms with Crippen LogP contribution in [-0.2, 0) is 9.59 Å². The third kappa shape index (κ3) is 7.25. The van der Waals surface area contributed by atoms with E-state index in [-0.39, 0.29) is 52.7 Å². The van der Waals surface area contributed by atoms with E-state index < -0.39 is 55.6 Å². The van der Waals surface area contributed by atoms with Gasteiger partial charge in [0.2, 0.25) is 0 Å². The molecule has 0 unspecified atom stereocenters. The van der Waals surface area contributed by atoms with Crippen LogP contribution in [0.2, 0.25) is 0 Å². The summed E-state index contributed by atoms with van der Waals surface area (Å²) in [5.41, 5.74) is 0. The van der Waals surface area contributed by atoms with Gasteiger partial charge in [-0.05, 0) is 0 Å². The van der Waals surface area contributed by atoms with Crippen molar-refractivity contribution in [3.63, 3.8) is 0 Å². The summed E-state index contributed by atoms with van der Waals surface area (Å²) in [6.07, 6.45) is -13.6. The first-order valence-electron chi connectivity index (χ1n) is 18.4. The first-order chi connectivity index (χ1) is 26.8.